The Hall–Kier alpha value is -3.29. The molecule has 0 spiro atoms. The monoisotopic (exact) mass is 310 g/mol. The summed E-state index contributed by atoms with van der Waals surface area (Å²) in [6.45, 7) is 0. The Labute approximate surface area is 130 Å². The lowest BCUT2D eigenvalue weighted by molar-refractivity contribution is 0.704. The van der Waals surface area contributed by atoms with E-state index in [1.807, 2.05) is 30.3 Å². The molecule has 3 rings (SSSR count). The van der Waals surface area contributed by atoms with E-state index in [1.165, 1.54) is 17.8 Å². The standard InChI is InChI=1S/C15H14N6O2/c1-20-13-12(14(22)21(2)15(20)23)18-11(9-16-13)19-17-8-10-6-4-3-5-7-10/h3-9H,1-2H3,(H,18,19)/b17-8-. The highest BCUT2D eigenvalue weighted by atomic mass is 16.2. The van der Waals surface area contributed by atoms with Crippen LogP contribution < -0.4 is 16.7 Å². The fourth-order valence-corrected chi connectivity index (χ4v) is 2.10. The molecule has 8 heteroatoms. The Morgan fingerprint density at radius 1 is 1.13 bits per heavy atom. The van der Waals surface area contributed by atoms with Gasteiger partial charge >= 0.3 is 5.69 Å². The molecule has 0 aliphatic heterocycles. The second-order valence-electron chi connectivity index (χ2n) is 4.91. The van der Waals surface area contributed by atoms with Gasteiger partial charge in [-0.05, 0) is 5.56 Å². The quantitative estimate of drug-likeness (QED) is 0.561. The third-order valence-corrected chi connectivity index (χ3v) is 3.34. The van der Waals surface area contributed by atoms with Crippen LogP contribution in [0.15, 0.2) is 51.2 Å². The van der Waals surface area contributed by atoms with E-state index in [1.54, 1.807) is 13.3 Å². The van der Waals surface area contributed by atoms with Gasteiger partial charge in [-0.1, -0.05) is 30.3 Å². The minimum atomic E-state index is -0.494. The van der Waals surface area contributed by atoms with Crippen LogP contribution >= 0.6 is 0 Å². The maximum absolute atomic E-state index is 12.1. The molecule has 0 bridgehead atoms. The van der Waals surface area contributed by atoms with Crippen molar-refractivity contribution in [2.45, 2.75) is 0 Å². The third-order valence-electron chi connectivity index (χ3n) is 3.34. The lowest BCUT2D eigenvalue weighted by Gasteiger charge is -2.06. The number of hydrogen-bond acceptors (Lipinski definition) is 6. The van der Waals surface area contributed by atoms with Crippen LogP contribution in [0.25, 0.3) is 11.2 Å². The van der Waals surface area contributed by atoms with Crippen LogP contribution in [0.3, 0.4) is 0 Å². The number of hydrogen-bond donors (Lipinski definition) is 1. The van der Waals surface area contributed by atoms with Crippen molar-refractivity contribution in [1.29, 1.82) is 0 Å². The molecule has 0 aliphatic rings. The summed E-state index contributed by atoms with van der Waals surface area (Å²) >= 11 is 0. The van der Waals surface area contributed by atoms with Crippen molar-refractivity contribution in [1.82, 2.24) is 19.1 Å². The minimum Gasteiger partial charge on any atom is -0.279 e. The number of aromatic nitrogens is 4. The Morgan fingerprint density at radius 3 is 2.61 bits per heavy atom. The Balaban J connectivity index is 1.96. The first-order valence-electron chi connectivity index (χ1n) is 6.85. The lowest BCUT2D eigenvalue weighted by atomic mass is 10.2. The first kappa shape index (κ1) is 14.6. The highest BCUT2D eigenvalue weighted by Gasteiger charge is 2.11. The average molecular weight is 310 g/mol. The second-order valence-corrected chi connectivity index (χ2v) is 4.91. The van der Waals surface area contributed by atoms with Crippen LogP contribution in [0.2, 0.25) is 0 Å². The maximum atomic E-state index is 12.1. The van der Waals surface area contributed by atoms with Gasteiger partial charge in [0.15, 0.2) is 17.0 Å². The minimum absolute atomic E-state index is 0.106. The topological polar surface area (TPSA) is 94.2 Å². The van der Waals surface area contributed by atoms with Gasteiger partial charge in [-0.2, -0.15) is 5.10 Å². The van der Waals surface area contributed by atoms with Crippen LogP contribution in [0.5, 0.6) is 0 Å². The molecule has 8 nitrogen and oxygen atoms in total. The molecule has 0 amide bonds. The number of fused-ring (bicyclic) bond motifs is 1. The molecule has 116 valence electrons. The van der Waals surface area contributed by atoms with Crippen LogP contribution in [-0.2, 0) is 14.1 Å². The van der Waals surface area contributed by atoms with Gasteiger partial charge in [-0.3, -0.25) is 19.4 Å². The van der Waals surface area contributed by atoms with Crippen LogP contribution in [-0.4, -0.2) is 25.3 Å². The van der Waals surface area contributed by atoms with Gasteiger partial charge in [0, 0.05) is 14.1 Å². The fraction of sp³-hybridized carbons (Fsp3) is 0.133. The maximum Gasteiger partial charge on any atom is 0.332 e. The Kier molecular flexibility index (Phi) is 3.71. The van der Waals surface area contributed by atoms with Crippen molar-refractivity contribution in [2.75, 3.05) is 5.43 Å². The smallest absolute Gasteiger partial charge is 0.279 e. The highest BCUT2D eigenvalue weighted by molar-refractivity contribution is 5.80. The molecule has 0 radical (unpaired) electrons. The predicted molar refractivity (Wildman–Crippen MR) is 87.7 cm³/mol. The van der Waals surface area contributed by atoms with Gasteiger partial charge in [0.1, 0.15) is 0 Å². The molecule has 0 aliphatic carbocycles. The molecule has 0 saturated heterocycles. The van der Waals surface area contributed by atoms with E-state index in [9.17, 15) is 9.59 Å². The fourth-order valence-electron chi connectivity index (χ4n) is 2.10. The largest absolute Gasteiger partial charge is 0.332 e. The van der Waals surface area contributed by atoms with Crippen molar-refractivity contribution in [3.63, 3.8) is 0 Å². The molecule has 1 aromatic carbocycles. The van der Waals surface area contributed by atoms with Crippen molar-refractivity contribution >= 4 is 23.2 Å². The van der Waals surface area contributed by atoms with Gasteiger partial charge in [-0.25, -0.2) is 14.8 Å². The molecule has 2 aromatic heterocycles. The van der Waals surface area contributed by atoms with E-state index >= 15 is 0 Å². The summed E-state index contributed by atoms with van der Waals surface area (Å²) in [4.78, 5) is 32.3. The van der Waals surface area contributed by atoms with Gasteiger partial charge < -0.3 is 0 Å². The summed E-state index contributed by atoms with van der Waals surface area (Å²) < 4.78 is 2.27. The van der Waals surface area contributed by atoms with Crippen molar-refractivity contribution in [3.8, 4) is 0 Å². The Morgan fingerprint density at radius 2 is 1.87 bits per heavy atom. The molecule has 0 saturated carbocycles. The summed E-state index contributed by atoms with van der Waals surface area (Å²) in [6.07, 6.45) is 3.05. The van der Waals surface area contributed by atoms with Crippen LogP contribution in [0.4, 0.5) is 5.82 Å². The van der Waals surface area contributed by atoms with E-state index in [-0.39, 0.29) is 11.2 Å². The SMILES string of the molecule is Cn1c(=O)c2nc(N/N=C\c3ccccc3)cnc2n(C)c1=O. The van der Waals surface area contributed by atoms with E-state index in [4.69, 9.17) is 0 Å². The van der Waals surface area contributed by atoms with Crippen LogP contribution in [0, 0.1) is 0 Å². The average Bonchev–Trinajstić information content (AvgIpc) is 2.59. The number of nitrogens with zero attached hydrogens (tertiary/aromatic N) is 5. The zero-order valence-corrected chi connectivity index (χ0v) is 12.6. The predicted octanol–water partition coefficient (Wildman–Crippen LogP) is 0.473. The zero-order chi connectivity index (χ0) is 16.4. The van der Waals surface area contributed by atoms with Gasteiger partial charge in [0.25, 0.3) is 5.56 Å². The summed E-state index contributed by atoms with van der Waals surface area (Å²) in [5.41, 5.74) is 3.05. The first-order chi connectivity index (χ1) is 11.1. The molecule has 1 N–H and O–H groups in total. The number of hydrazone groups is 1. The van der Waals surface area contributed by atoms with E-state index in [0.717, 1.165) is 10.1 Å². The first-order valence-corrected chi connectivity index (χ1v) is 6.85. The number of aryl methyl sites for hydroxylation is 1. The van der Waals surface area contributed by atoms with Crippen LogP contribution in [0.1, 0.15) is 5.56 Å². The Bertz CT molecular complexity index is 1000. The lowest BCUT2D eigenvalue weighted by Crippen LogP contribution is -2.37. The second kappa shape index (κ2) is 5.84. The number of benzene rings is 1. The molecule has 0 fully saturated rings. The van der Waals surface area contributed by atoms with Crippen molar-refractivity contribution < 1.29 is 0 Å². The normalized spacial score (nSPS) is 11.2. The number of nitrogens with one attached hydrogen (secondary N) is 1. The van der Waals surface area contributed by atoms with Crippen molar-refractivity contribution in [3.05, 3.63) is 62.9 Å². The molecule has 3 aromatic rings. The zero-order valence-electron chi connectivity index (χ0n) is 12.6. The third kappa shape index (κ3) is 2.73. The van der Waals surface area contributed by atoms with Gasteiger partial charge in [-0.15, -0.1) is 0 Å². The summed E-state index contributed by atoms with van der Waals surface area (Å²) in [5, 5.41) is 4.06. The van der Waals surface area contributed by atoms with E-state index in [0.29, 0.717) is 5.82 Å². The molecule has 0 atom stereocenters. The number of rotatable bonds is 3. The molecular weight excluding hydrogens is 296 g/mol. The number of anilines is 1. The van der Waals surface area contributed by atoms with Gasteiger partial charge in [0.2, 0.25) is 0 Å². The summed E-state index contributed by atoms with van der Waals surface area (Å²) in [6, 6.07) is 9.54. The van der Waals surface area contributed by atoms with Gasteiger partial charge in [0.05, 0.1) is 12.4 Å². The molecule has 23 heavy (non-hydrogen) atoms. The van der Waals surface area contributed by atoms with E-state index in [2.05, 4.69) is 20.5 Å². The molecular formula is C15H14N6O2. The summed E-state index contributed by atoms with van der Waals surface area (Å²) in [7, 11) is 2.94. The van der Waals surface area contributed by atoms with Crippen molar-refractivity contribution in [2.24, 2.45) is 19.2 Å². The molecule has 2 heterocycles. The molecule has 0 unspecified atom stereocenters. The highest BCUT2D eigenvalue weighted by Crippen LogP contribution is 2.06. The van der Waals surface area contributed by atoms with E-state index < -0.39 is 11.2 Å². The summed E-state index contributed by atoms with van der Waals surface area (Å²) in [5.74, 6) is 0.320.